The summed E-state index contributed by atoms with van der Waals surface area (Å²) >= 11 is 0. The fourth-order valence-corrected chi connectivity index (χ4v) is 3.09. The van der Waals surface area contributed by atoms with Crippen LogP contribution in [0.3, 0.4) is 0 Å². The molecule has 26 heavy (non-hydrogen) atoms. The summed E-state index contributed by atoms with van der Waals surface area (Å²) in [5, 5.41) is 17.3. The van der Waals surface area contributed by atoms with E-state index >= 15 is 0 Å². The second-order valence-corrected chi connectivity index (χ2v) is 6.69. The average Bonchev–Trinajstić information content (AvgIpc) is 2.65. The van der Waals surface area contributed by atoms with E-state index in [1.54, 1.807) is 0 Å². The third kappa shape index (κ3) is 7.13. The van der Waals surface area contributed by atoms with Crippen molar-refractivity contribution < 1.29 is 19.5 Å². The lowest BCUT2D eigenvalue weighted by Gasteiger charge is -2.22. The summed E-state index contributed by atoms with van der Waals surface area (Å²) in [6, 6.07) is 9.10. The molecule has 1 saturated carbocycles. The predicted octanol–water partition coefficient (Wildman–Crippen LogP) is 1.68. The van der Waals surface area contributed by atoms with Gasteiger partial charge >= 0.3 is 12.0 Å². The lowest BCUT2D eigenvalue weighted by molar-refractivity contribution is -0.141. The molecule has 1 fully saturated rings. The predicted molar refractivity (Wildman–Crippen MR) is 97.7 cm³/mol. The number of hydrogen-bond donors (Lipinski definition) is 4. The van der Waals surface area contributed by atoms with Crippen molar-refractivity contribution in [2.75, 3.05) is 13.1 Å². The normalized spacial score (nSPS) is 15.7. The number of nitrogens with one attached hydrogen (secondary N) is 3. The van der Waals surface area contributed by atoms with Gasteiger partial charge in [0.25, 0.3) is 0 Å². The first kappa shape index (κ1) is 19.8. The summed E-state index contributed by atoms with van der Waals surface area (Å²) in [6.07, 6.45) is 5.72. The summed E-state index contributed by atoms with van der Waals surface area (Å²) < 4.78 is 0. The molecule has 1 unspecified atom stereocenters. The highest BCUT2D eigenvalue weighted by Gasteiger charge is 2.19. The molecular formula is C19H27N3O4. The van der Waals surface area contributed by atoms with Crippen LogP contribution in [0.15, 0.2) is 30.3 Å². The van der Waals surface area contributed by atoms with Crippen molar-refractivity contribution >= 4 is 17.9 Å². The van der Waals surface area contributed by atoms with E-state index in [1.165, 1.54) is 6.42 Å². The molecule has 1 aliphatic carbocycles. The van der Waals surface area contributed by atoms with E-state index in [2.05, 4.69) is 16.0 Å². The smallest absolute Gasteiger partial charge is 0.315 e. The van der Waals surface area contributed by atoms with E-state index in [-0.39, 0.29) is 25.2 Å². The van der Waals surface area contributed by atoms with E-state index in [9.17, 15) is 19.5 Å². The number of amides is 3. The zero-order chi connectivity index (χ0) is 18.8. The molecule has 1 atom stereocenters. The van der Waals surface area contributed by atoms with Crippen molar-refractivity contribution in [2.24, 2.45) is 5.92 Å². The Labute approximate surface area is 153 Å². The van der Waals surface area contributed by atoms with Gasteiger partial charge in [-0.15, -0.1) is 0 Å². The molecule has 0 saturated heterocycles. The zero-order valence-electron chi connectivity index (χ0n) is 14.9. The van der Waals surface area contributed by atoms with Crippen LogP contribution in [0.5, 0.6) is 0 Å². The molecule has 1 aromatic carbocycles. The highest BCUT2D eigenvalue weighted by atomic mass is 16.4. The summed E-state index contributed by atoms with van der Waals surface area (Å²) in [6.45, 7) is -0.148. The van der Waals surface area contributed by atoms with Crippen LogP contribution in [0.25, 0.3) is 0 Å². The van der Waals surface area contributed by atoms with Crippen LogP contribution >= 0.6 is 0 Å². The topological polar surface area (TPSA) is 108 Å². The van der Waals surface area contributed by atoms with E-state index in [0.717, 1.165) is 31.2 Å². The largest absolute Gasteiger partial charge is 0.481 e. The standard InChI is InChI=1S/C19H27N3O4/c23-17(13-21-19(26)22-16-9-5-2-6-10-16)20-12-15(18(24)25)11-14-7-3-1-4-8-14/h1,3-4,7-8,15-16H,2,5-6,9-13H2,(H,20,23)(H,24,25)(H2,21,22,26). The van der Waals surface area contributed by atoms with Crippen molar-refractivity contribution in [1.82, 2.24) is 16.0 Å². The number of hydrogen-bond acceptors (Lipinski definition) is 3. The molecule has 0 heterocycles. The molecule has 142 valence electrons. The first-order valence-corrected chi connectivity index (χ1v) is 9.12. The van der Waals surface area contributed by atoms with Crippen molar-refractivity contribution in [2.45, 2.75) is 44.6 Å². The third-order valence-electron chi connectivity index (χ3n) is 4.57. The van der Waals surface area contributed by atoms with Gasteiger partial charge in [-0.25, -0.2) is 4.79 Å². The molecule has 3 amide bonds. The number of carbonyl (C=O) groups is 3. The Kier molecular flexibility index (Phi) is 7.92. The van der Waals surface area contributed by atoms with Crippen LogP contribution in [-0.2, 0) is 16.0 Å². The molecule has 0 bridgehead atoms. The first-order valence-electron chi connectivity index (χ1n) is 9.12. The molecule has 1 aromatic rings. The molecule has 0 radical (unpaired) electrons. The second kappa shape index (κ2) is 10.4. The number of carboxylic acid groups (broad SMARTS) is 1. The van der Waals surface area contributed by atoms with Crippen LogP contribution in [0.2, 0.25) is 0 Å². The van der Waals surface area contributed by atoms with Crippen molar-refractivity contribution in [3.63, 3.8) is 0 Å². The molecule has 4 N–H and O–H groups in total. The highest BCUT2D eigenvalue weighted by Crippen LogP contribution is 2.17. The molecule has 0 spiro atoms. The molecular weight excluding hydrogens is 334 g/mol. The lowest BCUT2D eigenvalue weighted by Crippen LogP contribution is -2.47. The number of rotatable bonds is 8. The molecule has 7 nitrogen and oxygen atoms in total. The van der Waals surface area contributed by atoms with Crippen molar-refractivity contribution in [3.8, 4) is 0 Å². The fourth-order valence-electron chi connectivity index (χ4n) is 3.09. The average molecular weight is 361 g/mol. The molecule has 2 rings (SSSR count). The first-order chi connectivity index (χ1) is 12.5. The Morgan fingerprint density at radius 3 is 2.38 bits per heavy atom. The molecule has 1 aliphatic rings. The minimum atomic E-state index is -0.961. The minimum absolute atomic E-state index is 0.0228. The van der Waals surface area contributed by atoms with Crippen molar-refractivity contribution in [1.29, 1.82) is 0 Å². The van der Waals surface area contributed by atoms with Gasteiger partial charge in [0.2, 0.25) is 5.91 Å². The van der Waals surface area contributed by atoms with Crippen LogP contribution in [0.4, 0.5) is 4.79 Å². The minimum Gasteiger partial charge on any atom is -0.481 e. The Morgan fingerprint density at radius 1 is 1.04 bits per heavy atom. The highest BCUT2D eigenvalue weighted by molar-refractivity contribution is 5.84. The summed E-state index contributed by atoms with van der Waals surface area (Å²) in [5.41, 5.74) is 0.902. The van der Waals surface area contributed by atoms with Gasteiger partial charge in [-0.1, -0.05) is 49.6 Å². The number of urea groups is 1. The second-order valence-electron chi connectivity index (χ2n) is 6.69. The van der Waals surface area contributed by atoms with Gasteiger partial charge < -0.3 is 21.1 Å². The molecule has 0 aromatic heterocycles. The quantitative estimate of drug-likeness (QED) is 0.565. The van der Waals surface area contributed by atoms with Gasteiger partial charge in [-0.3, -0.25) is 9.59 Å². The third-order valence-corrected chi connectivity index (χ3v) is 4.57. The van der Waals surface area contributed by atoms with Crippen LogP contribution in [-0.4, -0.2) is 42.1 Å². The number of carbonyl (C=O) groups excluding carboxylic acids is 2. The van der Waals surface area contributed by atoms with E-state index in [1.807, 2.05) is 30.3 Å². The van der Waals surface area contributed by atoms with Crippen LogP contribution < -0.4 is 16.0 Å². The zero-order valence-corrected chi connectivity index (χ0v) is 14.9. The van der Waals surface area contributed by atoms with Gasteiger partial charge in [-0.2, -0.15) is 0 Å². The SMILES string of the molecule is O=C(CNC(=O)NC1CCCCC1)NCC(Cc1ccccc1)C(=O)O. The fraction of sp³-hybridized carbons (Fsp3) is 0.526. The van der Waals surface area contributed by atoms with Gasteiger partial charge in [0.05, 0.1) is 12.5 Å². The Morgan fingerprint density at radius 2 is 1.73 bits per heavy atom. The maximum absolute atomic E-state index is 11.9. The van der Waals surface area contributed by atoms with Crippen molar-refractivity contribution in [3.05, 3.63) is 35.9 Å². The molecule has 7 heteroatoms. The Bertz CT molecular complexity index is 600. The van der Waals surface area contributed by atoms with Gasteiger partial charge in [0.15, 0.2) is 0 Å². The van der Waals surface area contributed by atoms with E-state index in [0.29, 0.717) is 6.42 Å². The monoisotopic (exact) mass is 361 g/mol. The number of carboxylic acids is 1. The maximum atomic E-state index is 11.9. The van der Waals surface area contributed by atoms with Crippen LogP contribution in [0, 0.1) is 5.92 Å². The summed E-state index contributed by atoms with van der Waals surface area (Å²) in [7, 11) is 0. The summed E-state index contributed by atoms with van der Waals surface area (Å²) in [5.74, 6) is -2.07. The maximum Gasteiger partial charge on any atom is 0.315 e. The van der Waals surface area contributed by atoms with Gasteiger partial charge in [-0.05, 0) is 24.8 Å². The van der Waals surface area contributed by atoms with Gasteiger partial charge in [0.1, 0.15) is 0 Å². The number of benzene rings is 1. The summed E-state index contributed by atoms with van der Waals surface area (Å²) in [4.78, 5) is 35.1. The lowest BCUT2D eigenvalue weighted by atomic mass is 9.96. The van der Waals surface area contributed by atoms with E-state index in [4.69, 9.17) is 0 Å². The van der Waals surface area contributed by atoms with Gasteiger partial charge in [0, 0.05) is 12.6 Å². The Hall–Kier alpha value is -2.57. The number of aliphatic carboxylic acids is 1. The Balaban J connectivity index is 1.68. The molecule has 0 aliphatic heterocycles. The van der Waals surface area contributed by atoms with Crippen LogP contribution in [0.1, 0.15) is 37.7 Å². The van der Waals surface area contributed by atoms with E-state index < -0.39 is 17.8 Å².